The number of ether oxygens (including phenoxy) is 2. The first-order chi connectivity index (χ1) is 13.6. The highest BCUT2D eigenvalue weighted by atomic mass is 16.5. The minimum Gasteiger partial charge on any atom is -0.493 e. The van der Waals surface area contributed by atoms with Crippen LogP contribution in [0.1, 0.15) is 43.4 Å². The van der Waals surface area contributed by atoms with Gasteiger partial charge in [0.2, 0.25) is 5.91 Å². The number of methoxy groups -OCH3 is 1. The summed E-state index contributed by atoms with van der Waals surface area (Å²) in [5, 5.41) is 3.13. The quantitative estimate of drug-likeness (QED) is 0.731. The van der Waals surface area contributed by atoms with Crippen LogP contribution in [0.2, 0.25) is 0 Å². The fourth-order valence-electron chi connectivity index (χ4n) is 3.78. The number of carbonyl (C=O) groups excluding carboxylic acids is 1. The van der Waals surface area contributed by atoms with Crippen molar-refractivity contribution in [2.75, 3.05) is 13.7 Å². The third-order valence-corrected chi connectivity index (χ3v) is 5.49. The van der Waals surface area contributed by atoms with Crippen molar-refractivity contribution >= 4 is 5.91 Å². The smallest absolute Gasteiger partial charge is 0.223 e. The maximum Gasteiger partial charge on any atom is 0.223 e. The first-order valence-electron chi connectivity index (χ1n) is 9.82. The van der Waals surface area contributed by atoms with Crippen molar-refractivity contribution in [1.29, 1.82) is 0 Å². The standard InChI is InChI=1S/C22H29N3O3/c1-15(25-22(26)19-5-3-4-18(19)13-23)17-6-7-20(21(12-17)27-2)28-14-16-8-10-24-11-9-16/h6-12,15,18-19H,3-5,13-14,23H2,1-2H3,(H,25,26)/t15?,18-,19-/m1/s1. The molecule has 1 heterocycles. The molecule has 1 amide bonds. The molecule has 1 aliphatic rings. The Morgan fingerprint density at radius 1 is 1.25 bits per heavy atom. The zero-order chi connectivity index (χ0) is 19.9. The topological polar surface area (TPSA) is 86.5 Å². The van der Waals surface area contributed by atoms with E-state index < -0.39 is 0 Å². The Morgan fingerprint density at radius 2 is 2.04 bits per heavy atom. The molecule has 6 heteroatoms. The molecule has 0 aliphatic heterocycles. The second-order valence-corrected chi connectivity index (χ2v) is 7.32. The number of rotatable bonds is 8. The molecule has 1 aromatic carbocycles. The largest absolute Gasteiger partial charge is 0.493 e. The van der Waals surface area contributed by atoms with E-state index in [1.165, 1.54) is 0 Å². The number of pyridine rings is 1. The van der Waals surface area contributed by atoms with Crippen molar-refractivity contribution < 1.29 is 14.3 Å². The molecule has 3 N–H and O–H groups in total. The summed E-state index contributed by atoms with van der Waals surface area (Å²) in [5.74, 6) is 1.73. The van der Waals surface area contributed by atoms with Gasteiger partial charge in [0.15, 0.2) is 11.5 Å². The van der Waals surface area contributed by atoms with Crippen LogP contribution in [0.25, 0.3) is 0 Å². The van der Waals surface area contributed by atoms with Gasteiger partial charge < -0.3 is 20.5 Å². The molecule has 0 spiro atoms. The highest BCUT2D eigenvalue weighted by Gasteiger charge is 2.32. The number of amides is 1. The summed E-state index contributed by atoms with van der Waals surface area (Å²) in [6.07, 6.45) is 6.52. The molecule has 1 aromatic heterocycles. The molecule has 1 unspecified atom stereocenters. The molecule has 1 aliphatic carbocycles. The van der Waals surface area contributed by atoms with Crippen LogP contribution < -0.4 is 20.5 Å². The third kappa shape index (κ3) is 4.81. The Balaban J connectivity index is 1.64. The minimum absolute atomic E-state index is 0.0253. The van der Waals surface area contributed by atoms with Crippen molar-refractivity contribution in [3.05, 3.63) is 53.9 Å². The van der Waals surface area contributed by atoms with Gasteiger partial charge in [0.25, 0.3) is 0 Å². The van der Waals surface area contributed by atoms with Gasteiger partial charge >= 0.3 is 0 Å². The van der Waals surface area contributed by atoms with Crippen LogP contribution >= 0.6 is 0 Å². The van der Waals surface area contributed by atoms with E-state index in [1.54, 1.807) is 19.5 Å². The van der Waals surface area contributed by atoms with E-state index in [0.717, 1.165) is 30.4 Å². The molecule has 28 heavy (non-hydrogen) atoms. The normalized spacial score (nSPS) is 19.8. The number of hydrogen-bond donors (Lipinski definition) is 2. The monoisotopic (exact) mass is 383 g/mol. The predicted molar refractivity (Wildman–Crippen MR) is 108 cm³/mol. The zero-order valence-electron chi connectivity index (χ0n) is 16.6. The lowest BCUT2D eigenvalue weighted by Gasteiger charge is -2.22. The first kappa shape index (κ1) is 20.1. The average Bonchev–Trinajstić information content (AvgIpc) is 3.22. The molecular weight excluding hydrogens is 354 g/mol. The number of benzene rings is 1. The van der Waals surface area contributed by atoms with Gasteiger partial charge in [0.1, 0.15) is 6.61 Å². The van der Waals surface area contributed by atoms with Crippen LogP contribution in [0.15, 0.2) is 42.7 Å². The van der Waals surface area contributed by atoms with Crippen molar-refractivity contribution in [3.63, 3.8) is 0 Å². The lowest BCUT2D eigenvalue weighted by Crippen LogP contribution is -2.36. The maximum atomic E-state index is 12.7. The number of nitrogens with zero attached hydrogens (tertiary/aromatic N) is 1. The van der Waals surface area contributed by atoms with Crippen LogP contribution in [0.5, 0.6) is 11.5 Å². The summed E-state index contributed by atoms with van der Waals surface area (Å²) in [6, 6.07) is 9.48. The van der Waals surface area contributed by atoms with E-state index in [2.05, 4.69) is 10.3 Å². The van der Waals surface area contributed by atoms with Gasteiger partial charge in [0, 0.05) is 18.3 Å². The van der Waals surface area contributed by atoms with E-state index >= 15 is 0 Å². The first-order valence-corrected chi connectivity index (χ1v) is 9.82. The van der Waals surface area contributed by atoms with E-state index in [1.807, 2.05) is 37.3 Å². The molecule has 0 radical (unpaired) electrons. The Bertz CT molecular complexity index is 782. The Hall–Kier alpha value is -2.60. The lowest BCUT2D eigenvalue weighted by atomic mass is 9.94. The highest BCUT2D eigenvalue weighted by molar-refractivity contribution is 5.79. The van der Waals surface area contributed by atoms with Gasteiger partial charge in [-0.25, -0.2) is 0 Å². The second-order valence-electron chi connectivity index (χ2n) is 7.32. The van der Waals surface area contributed by atoms with Crippen LogP contribution in [0, 0.1) is 11.8 Å². The van der Waals surface area contributed by atoms with Crippen molar-refractivity contribution in [3.8, 4) is 11.5 Å². The summed E-state index contributed by atoms with van der Waals surface area (Å²) >= 11 is 0. The van der Waals surface area contributed by atoms with Gasteiger partial charge in [-0.3, -0.25) is 9.78 Å². The summed E-state index contributed by atoms with van der Waals surface area (Å²) in [4.78, 5) is 16.7. The van der Waals surface area contributed by atoms with Crippen molar-refractivity contribution in [2.24, 2.45) is 17.6 Å². The van der Waals surface area contributed by atoms with Crippen LogP contribution in [0.3, 0.4) is 0 Å². The molecule has 6 nitrogen and oxygen atoms in total. The van der Waals surface area contributed by atoms with E-state index in [9.17, 15) is 4.79 Å². The number of aromatic nitrogens is 1. The summed E-state index contributed by atoms with van der Waals surface area (Å²) in [5.41, 5.74) is 7.83. The Morgan fingerprint density at radius 3 is 2.75 bits per heavy atom. The maximum absolute atomic E-state index is 12.7. The molecule has 1 saturated carbocycles. The van der Waals surface area contributed by atoms with E-state index in [4.69, 9.17) is 15.2 Å². The predicted octanol–water partition coefficient (Wildman–Crippen LogP) is 3.22. The molecule has 1 fully saturated rings. The van der Waals surface area contributed by atoms with Crippen LogP contribution in [-0.4, -0.2) is 24.5 Å². The van der Waals surface area contributed by atoms with E-state index in [0.29, 0.717) is 30.6 Å². The number of hydrogen-bond acceptors (Lipinski definition) is 5. The Labute approximate surface area is 166 Å². The Kier molecular flexibility index (Phi) is 6.87. The van der Waals surface area contributed by atoms with Crippen molar-refractivity contribution in [1.82, 2.24) is 10.3 Å². The van der Waals surface area contributed by atoms with Gasteiger partial charge in [0.05, 0.1) is 13.2 Å². The summed E-state index contributed by atoms with van der Waals surface area (Å²) in [6.45, 7) is 2.99. The molecule has 2 aromatic rings. The van der Waals surface area contributed by atoms with Gasteiger partial charge in [-0.1, -0.05) is 12.5 Å². The molecule has 3 atom stereocenters. The fraction of sp³-hybridized carbons (Fsp3) is 0.455. The fourth-order valence-corrected chi connectivity index (χ4v) is 3.78. The molecule has 0 saturated heterocycles. The van der Waals surface area contributed by atoms with Gasteiger partial charge in [-0.15, -0.1) is 0 Å². The number of nitrogens with two attached hydrogens (primary N) is 1. The number of nitrogens with one attached hydrogen (secondary N) is 1. The third-order valence-electron chi connectivity index (χ3n) is 5.49. The second kappa shape index (κ2) is 9.55. The van der Waals surface area contributed by atoms with Gasteiger partial charge in [-0.05, 0) is 67.6 Å². The lowest BCUT2D eigenvalue weighted by molar-refractivity contribution is -0.126. The molecule has 3 rings (SSSR count). The highest BCUT2D eigenvalue weighted by Crippen LogP contribution is 2.33. The van der Waals surface area contributed by atoms with Crippen LogP contribution in [0.4, 0.5) is 0 Å². The summed E-state index contributed by atoms with van der Waals surface area (Å²) < 4.78 is 11.4. The SMILES string of the molecule is COc1cc(C(C)NC(=O)[C@@H]2CCC[C@@H]2CN)ccc1OCc1ccncc1. The average molecular weight is 383 g/mol. The molecule has 150 valence electrons. The zero-order valence-corrected chi connectivity index (χ0v) is 16.6. The van der Waals surface area contributed by atoms with Crippen LogP contribution in [-0.2, 0) is 11.4 Å². The molecule has 0 bridgehead atoms. The number of carbonyl (C=O) groups is 1. The van der Waals surface area contributed by atoms with Gasteiger partial charge in [-0.2, -0.15) is 0 Å². The molecular formula is C22H29N3O3. The van der Waals surface area contributed by atoms with E-state index in [-0.39, 0.29) is 17.9 Å². The summed E-state index contributed by atoms with van der Waals surface area (Å²) in [7, 11) is 1.62. The van der Waals surface area contributed by atoms with Crippen molar-refractivity contribution in [2.45, 2.75) is 38.8 Å². The minimum atomic E-state index is -0.116.